The number of ether oxygens (including phenoxy) is 2. The highest BCUT2D eigenvalue weighted by atomic mass is 16.5. The largest absolute Gasteiger partial charge is 0.472 e. The van der Waals surface area contributed by atoms with Crippen molar-refractivity contribution >= 4 is 5.97 Å². The highest BCUT2D eigenvalue weighted by Gasteiger charge is 2.09. The van der Waals surface area contributed by atoms with Crippen LogP contribution in [0.1, 0.15) is 39.5 Å². The summed E-state index contributed by atoms with van der Waals surface area (Å²) < 4.78 is 16.1. The van der Waals surface area contributed by atoms with E-state index in [0.717, 1.165) is 41.5 Å². The lowest BCUT2D eigenvalue weighted by atomic mass is 10.1. The highest BCUT2D eigenvalue weighted by Crippen LogP contribution is 2.32. The van der Waals surface area contributed by atoms with Crippen molar-refractivity contribution in [3.05, 3.63) is 66.8 Å². The van der Waals surface area contributed by atoms with Crippen molar-refractivity contribution in [3.63, 3.8) is 0 Å². The maximum atomic E-state index is 11.9. The molecule has 1 aliphatic heterocycles. The highest BCUT2D eigenvalue weighted by molar-refractivity contribution is 5.87. The van der Waals surface area contributed by atoms with Gasteiger partial charge in [0.1, 0.15) is 12.0 Å². The van der Waals surface area contributed by atoms with Crippen molar-refractivity contribution in [3.8, 4) is 28.0 Å². The van der Waals surface area contributed by atoms with Gasteiger partial charge in [-0.2, -0.15) is 0 Å². The number of fused-ring (bicyclic) bond motifs is 1. The Bertz CT molecular complexity index is 859. The predicted octanol–water partition coefficient (Wildman–Crippen LogP) is 6.46. The van der Waals surface area contributed by atoms with Crippen LogP contribution in [-0.2, 0) is 9.53 Å². The molecule has 1 aromatic carbocycles. The molecule has 1 heterocycles. The van der Waals surface area contributed by atoms with E-state index < -0.39 is 0 Å². The summed E-state index contributed by atoms with van der Waals surface area (Å²) in [4.78, 5) is 11.9. The lowest BCUT2D eigenvalue weighted by Gasteiger charge is -2.06. The number of carbonyl (C=O) groups excluding carboxylic acids is 1. The molecule has 0 N–H and O–H groups in total. The summed E-state index contributed by atoms with van der Waals surface area (Å²) in [5.74, 6) is 0.340. The number of rotatable bonds is 9. The molecule has 2 aliphatic rings. The van der Waals surface area contributed by atoms with E-state index in [1.165, 1.54) is 12.7 Å². The maximum Gasteiger partial charge on any atom is 0.336 e. The fraction of sp³-hybridized carbons (Fsp3) is 0.292. The van der Waals surface area contributed by atoms with Crippen molar-refractivity contribution in [1.29, 1.82) is 0 Å². The van der Waals surface area contributed by atoms with E-state index in [4.69, 9.17) is 13.9 Å². The summed E-state index contributed by atoms with van der Waals surface area (Å²) in [5, 5.41) is 0. The van der Waals surface area contributed by atoms with Crippen molar-refractivity contribution in [1.82, 2.24) is 0 Å². The van der Waals surface area contributed by atoms with Gasteiger partial charge in [0, 0.05) is 5.56 Å². The Kier molecular flexibility index (Phi) is 6.90. The smallest absolute Gasteiger partial charge is 0.336 e. The van der Waals surface area contributed by atoms with Crippen LogP contribution in [-0.4, -0.2) is 12.6 Å². The topological polar surface area (TPSA) is 48.7 Å². The first-order valence-electron chi connectivity index (χ1n) is 9.74. The van der Waals surface area contributed by atoms with Gasteiger partial charge in [-0.1, -0.05) is 38.3 Å². The molecule has 0 bridgehead atoms. The minimum Gasteiger partial charge on any atom is -0.472 e. The Morgan fingerprint density at radius 3 is 2.50 bits per heavy atom. The maximum absolute atomic E-state index is 11.9. The van der Waals surface area contributed by atoms with Gasteiger partial charge >= 0.3 is 5.97 Å². The van der Waals surface area contributed by atoms with Crippen LogP contribution in [0.4, 0.5) is 0 Å². The molecule has 0 unspecified atom stereocenters. The number of carbonyl (C=O) groups is 1. The average molecular weight is 378 g/mol. The number of unbranched alkanes of at least 4 members (excludes halogenated alkanes) is 3. The standard InChI is InChI=1S/C24H26O4/c1-3-4-5-6-12-27-24(25)18(2)16-28-23-9-7-19(8-10-23)21-14-20-11-13-26-17-22(20)15-21/h7-11,13-17H,3-6,12H2,1-2H3. The molecule has 1 aliphatic carbocycles. The van der Waals surface area contributed by atoms with E-state index in [-0.39, 0.29) is 5.97 Å². The minimum atomic E-state index is -0.331. The molecule has 0 saturated carbocycles. The summed E-state index contributed by atoms with van der Waals surface area (Å²) in [6.45, 7) is 4.31. The molecular weight excluding hydrogens is 352 g/mol. The number of benzene rings is 1. The van der Waals surface area contributed by atoms with Crippen molar-refractivity contribution in [2.24, 2.45) is 0 Å². The third kappa shape index (κ3) is 5.26. The van der Waals surface area contributed by atoms with Crippen LogP contribution in [0.25, 0.3) is 22.3 Å². The summed E-state index contributed by atoms with van der Waals surface area (Å²) in [6.07, 6.45) is 9.19. The summed E-state index contributed by atoms with van der Waals surface area (Å²) in [6, 6.07) is 13.9. The Hall–Kier alpha value is -3.01. The van der Waals surface area contributed by atoms with Crippen LogP contribution in [0.5, 0.6) is 5.75 Å². The first kappa shape index (κ1) is 19.7. The van der Waals surface area contributed by atoms with E-state index in [0.29, 0.717) is 17.9 Å². The molecule has 1 aromatic rings. The van der Waals surface area contributed by atoms with Crippen LogP contribution < -0.4 is 4.74 Å². The average Bonchev–Trinajstić information content (AvgIpc) is 3.16. The predicted molar refractivity (Wildman–Crippen MR) is 110 cm³/mol. The normalized spacial score (nSPS) is 11.6. The van der Waals surface area contributed by atoms with Gasteiger partial charge in [0.05, 0.1) is 24.7 Å². The zero-order valence-corrected chi connectivity index (χ0v) is 16.4. The summed E-state index contributed by atoms with van der Waals surface area (Å²) in [7, 11) is 0. The quantitative estimate of drug-likeness (QED) is 0.186. The lowest BCUT2D eigenvalue weighted by molar-refractivity contribution is -0.139. The van der Waals surface area contributed by atoms with Crippen LogP contribution in [0.3, 0.4) is 0 Å². The molecule has 4 heteroatoms. The zero-order chi connectivity index (χ0) is 19.8. The first-order chi connectivity index (χ1) is 13.7. The first-order valence-corrected chi connectivity index (χ1v) is 9.74. The lowest BCUT2D eigenvalue weighted by Crippen LogP contribution is -2.08. The van der Waals surface area contributed by atoms with Gasteiger partial charge in [-0.25, -0.2) is 4.79 Å². The third-order valence-electron chi connectivity index (χ3n) is 4.59. The van der Waals surface area contributed by atoms with E-state index >= 15 is 0 Å². The fourth-order valence-corrected chi connectivity index (χ4v) is 2.92. The number of hydrogen-bond acceptors (Lipinski definition) is 4. The fourth-order valence-electron chi connectivity index (χ4n) is 2.92. The van der Waals surface area contributed by atoms with Gasteiger partial charge in [0.25, 0.3) is 0 Å². The Labute approximate surface area is 166 Å². The van der Waals surface area contributed by atoms with Gasteiger partial charge in [-0.3, -0.25) is 0 Å². The number of hydrogen-bond donors (Lipinski definition) is 0. The van der Waals surface area contributed by atoms with Crippen LogP contribution in [0.2, 0.25) is 0 Å². The molecule has 4 nitrogen and oxygen atoms in total. The van der Waals surface area contributed by atoms with E-state index in [9.17, 15) is 4.79 Å². The van der Waals surface area contributed by atoms with Gasteiger partial charge in [-0.15, -0.1) is 0 Å². The molecule has 0 fully saturated rings. The molecule has 0 saturated heterocycles. The van der Waals surface area contributed by atoms with E-state index in [1.54, 1.807) is 19.5 Å². The van der Waals surface area contributed by atoms with Crippen molar-refractivity contribution in [2.45, 2.75) is 39.5 Å². The van der Waals surface area contributed by atoms with E-state index in [1.807, 2.05) is 30.3 Å². The van der Waals surface area contributed by atoms with Crippen LogP contribution >= 0.6 is 0 Å². The molecular formula is C24H26O4. The molecule has 0 spiro atoms. The molecule has 146 valence electrons. The molecule has 0 aromatic heterocycles. The molecule has 0 atom stereocenters. The monoisotopic (exact) mass is 378 g/mol. The number of esters is 1. The second-order valence-corrected chi connectivity index (χ2v) is 6.85. The van der Waals surface area contributed by atoms with Crippen LogP contribution in [0.15, 0.2) is 71.2 Å². The van der Waals surface area contributed by atoms with Gasteiger partial charge in [0.15, 0.2) is 0 Å². The minimum absolute atomic E-state index is 0.331. The van der Waals surface area contributed by atoms with Gasteiger partial charge in [0.2, 0.25) is 0 Å². The Morgan fingerprint density at radius 2 is 1.75 bits per heavy atom. The van der Waals surface area contributed by atoms with Crippen molar-refractivity contribution < 1.29 is 18.7 Å². The van der Waals surface area contributed by atoms with Gasteiger partial charge in [-0.05, 0) is 60.4 Å². The zero-order valence-electron chi connectivity index (χ0n) is 16.4. The summed E-state index contributed by atoms with van der Waals surface area (Å²) in [5.41, 5.74) is 4.89. The molecule has 0 radical (unpaired) electrons. The third-order valence-corrected chi connectivity index (χ3v) is 4.59. The molecule has 0 amide bonds. The summed E-state index contributed by atoms with van der Waals surface area (Å²) >= 11 is 0. The Balaban J connectivity index is 1.54. The van der Waals surface area contributed by atoms with Crippen molar-refractivity contribution in [2.75, 3.05) is 6.61 Å². The van der Waals surface area contributed by atoms with Crippen LogP contribution in [0, 0.1) is 0 Å². The SMILES string of the molecule is CCCCCCOC(=O)C(C)=COc1ccc(-c2cc3ccocc-3c2)cc1. The van der Waals surface area contributed by atoms with E-state index in [2.05, 4.69) is 19.1 Å². The molecule has 3 rings (SSSR count). The second-order valence-electron chi connectivity index (χ2n) is 6.85. The van der Waals surface area contributed by atoms with Gasteiger partial charge < -0.3 is 13.9 Å². The second kappa shape index (κ2) is 9.79. The Morgan fingerprint density at radius 1 is 0.964 bits per heavy atom. The molecule has 28 heavy (non-hydrogen) atoms.